The molecule has 0 amide bonds. The Kier molecular flexibility index (Phi) is 1.78. The monoisotopic (exact) mass is 180 g/mol. The molecule has 1 heterocycles. The van der Waals surface area contributed by atoms with Gasteiger partial charge in [-0.1, -0.05) is 12.1 Å². The van der Waals surface area contributed by atoms with Gasteiger partial charge in [0, 0.05) is 5.56 Å². The van der Waals surface area contributed by atoms with Crippen LogP contribution in [0.5, 0.6) is 5.75 Å². The summed E-state index contributed by atoms with van der Waals surface area (Å²) in [6.07, 6.45) is 0. The van der Waals surface area contributed by atoms with Crippen LogP contribution in [0.3, 0.4) is 0 Å². The van der Waals surface area contributed by atoms with E-state index in [9.17, 15) is 5.11 Å². The number of hydrogen-bond donors (Lipinski definition) is 1. The summed E-state index contributed by atoms with van der Waals surface area (Å²) in [6.45, 7) is 2.33. The summed E-state index contributed by atoms with van der Waals surface area (Å²) in [5.41, 5.74) is 1.81. The number of benzene rings is 1. The predicted octanol–water partition coefficient (Wildman–Crippen LogP) is 1.18. The summed E-state index contributed by atoms with van der Waals surface area (Å²) in [5, 5.41) is 9.63. The Hall–Kier alpha value is -1.06. The van der Waals surface area contributed by atoms with E-state index in [0.29, 0.717) is 6.61 Å². The summed E-state index contributed by atoms with van der Waals surface area (Å²) in [4.78, 5) is 0. The molecule has 1 aromatic carbocycles. The summed E-state index contributed by atoms with van der Waals surface area (Å²) >= 11 is 0. The van der Waals surface area contributed by atoms with Crippen molar-refractivity contribution in [3.8, 4) is 5.75 Å². The summed E-state index contributed by atoms with van der Waals surface area (Å²) in [7, 11) is 1.61. The Morgan fingerprint density at radius 1 is 1.54 bits per heavy atom. The van der Waals surface area contributed by atoms with E-state index in [1.165, 1.54) is 0 Å². The van der Waals surface area contributed by atoms with Crippen molar-refractivity contribution in [1.29, 1.82) is 0 Å². The smallest absolute Gasteiger partial charge is 0.217 e. The van der Waals surface area contributed by atoms with Crippen LogP contribution < -0.4 is 4.74 Å². The van der Waals surface area contributed by atoms with Crippen molar-refractivity contribution < 1.29 is 14.6 Å². The molecule has 0 spiro atoms. The van der Waals surface area contributed by atoms with Crippen LogP contribution in [0.1, 0.15) is 11.1 Å². The topological polar surface area (TPSA) is 42.0 Å². The van der Waals surface area contributed by atoms with Gasteiger partial charge in [0.25, 0.3) is 0 Å². The van der Waals surface area contributed by atoms with Gasteiger partial charge in [0.1, 0.15) is 12.4 Å². The van der Waals surface area contributed by atoms with E-state index in [1.807, 2.05) is 25.1 Å². The lowest BCUT2D eigenvalue weighted by Crippen LogP contribution is -2.06. The SMILES string of the molecule is COc1cc(C2(O)CO2)ccc1C. The minimum absolute atomic E-state index is 0.374. The van der Waals surface area contributed by atoms with E-state index in [1.54, 1.807) is 7.11 Å². The highest BCUT2D eigenvalue weighted by molar-refractivity contribution is 5.39. The molecule has 1 saturated heterocycles. The number of ether oxygens (including phenoxy) is 2. The molecule has 0 saturated carbocycles. The molecule has 1 aliphatic heterocycles. The van der Waals surface area contributed by atoms with Crippen molar-refractivity contribution in [2.75, 3.05) is 13.7 Å². The second-order valence-corrected chi connectivity index (χ2v) is 3.26. The molecule has 13 heavy (non-hydrogen) atoms. The van der Waals surface area contributed by atoms with Crippen LogP contribution in [0.2, 0.25) is 0 Å². The number of aryl methyl sites for hydroxylation is 1. The lowest BCUT2D eigenvalue weighted by molar-refractivity contribution is 0.0332. The minimum atomic E-state index is -1.05. The van der Waals surface area contributed by atoms with Crippen molar-refractivity contribution in [3.05, 3.63) is 29.3 Å². The van der Waals surface area contributed by atoms with Gasteiger partial charge in [0.05, 0.1) is 7.11 Å². The Balaban J connectivity index is 2.39. The molecule has 0 aromatic heterocycles. The first-order chi connectivity index (χ1) is 6.15. The van der Waals surface area contributed by atoms with Crippen LogP contribution in [0.15, 0.2) is 18.2 Å². The number of hydrogen-bond acceptors (Lipinski definition) is 3. The lowest BCUT2D eigenvalue weighted by atomic mass is 10.1. The maximum Gasteiger partial charge on any atom is 0.217 e. The molecule has 1 fully saturated rings. The number of rotatable bonds is 2. The first-order valence-electron chi connectivity index (χ1n) is 4.17. The first kappa shape index (κ1) is 8.53. The van der Waals surface area contributed by atoms with Crippen molar-refractivity contribution in [2.24, 2.45) is 0 Å². The van der Waals surface area contributed by atoms with E-state index in [4.69, 9.17) is 9.47 Å². The lowest BCUT2D eigenvalue weighted by Gasteiger charge is -2.09. The molecule has 0 aliphatic carbocycles. The van der Waals surface area contributed by atoms with Crippen molar-refractivity contribution >= 4 is 0 Å². The second kappa shape index (κ2) is 2.72. The average molecular weight is 180 g/mol. The summed E-state index contributed by atoms with van der Waals surface area (Å²) in [5.74, 6) is -0.275. The van der Waals surface area contributed by atoms with Crippen molar-refractivity contribution in [3.63, 3.8) is 0 Å². The van der Waals surface area contributed by atoms with Gasteiger partial charge in [-0.2, -0.15) is 0 Å². The van der Waals surface area contributed by atoms with Gasteiger partial charge in [-0.3, -0.25) is 0 Å². The zero-order chi connectivity index (χ0) is 9.47. The Morgan fingerprint density at radius 2 is 2.23 bits per heavy atom. The number of aliphatic hydroxyl groups is 1. The summed E-state index contributed by atoms with van der Waals surface area (Å²) < 4.78 is 10.1. The zero-order valence-electron chi connectivity index (χ0n) is 7.70. The second-order valence-electron chi connectivity index (χ2n) is 3.26. The fraction of sp³-hybridized carbons (Fsp3) is 0.400. The van der Waals surface area contributed by atoms with Crippen molar-refractivity contribution in [2.45, 2.75) is 12.7 Å². The van der Waals surface area contributed by atoms with Crippen LogP contribution in [-0.4, -0.2) is 18.8 Å². The van der Waals surface area contributed by atoms with Gasteiger partial charge in [0.15, 0.2) is 0 Å². The third-order valence-electron chi connectivity index (χ3n) is 2.28. The molecular weight excluding hydrogens is 168 g/mol. The maximum absolute atomic E-state index is 9.63. The average Bonchev–Trinajstić information content (AvgIpc) is 2.86. The van der Waals surface area contributed by atoms with Crippen LogP contribution in [0, 0.1) is 6.92 Å². The minimum Gasteiger partial charge on any atom is -0.496 e. The largest absolute Gasteiger partial charge is 0.496 e. The van der Waals surface area contributed by atoms with Gasteiger partial charge in [0.2, 0.25) is 5.79 Å². The van der Waals surface area contributed by atoms with Crippen molar-refractivity contribution in [1.82, 2.24) is 0 Å². The molecule has 3 heteroatoms. The molecule has 1 aliphatic rings. The van der Waals surface area contributed by atoms with Gasteiger partial charge in [-0.25, -0.2) is 0 Å². The molecule has 1 aromatic rings. The molecular formula is C10H12O3. The molecule has 1 atom stereocenters. The van der Waals surface area contributed by atoms with E-state index in [0.717, 1.165) is 16.9 Å². The van der Waals surface area contributed by atoms with Crippen LogP contribution in [-0.2, 0) is 10.5 Å². The third kappa shape index (κ3) is 1.41. The highest BCUT2D eigenvalue weighted by Crippen LogP contribution is 2.37. The van der Waals surface area contributed by atoms with Gasteiger partial charge < -0.3 is 14.6 Å². The van der Waals surface area contributed by atoms with Crippen LogP contribution in [0.4, 0.5) is 0 Å². The van der Waals surface area contributed by atoms with Crippen LogP contribution in [0.25, 0.3) is 0 Å². The Bertz CT molecular complexity index is 329. The van der Waals surface area contributed by atoms with E-state index >= 15 is 0 Å². The van der Waals surface area contributed by atoms with E-state index in [-0.39, 0.29) is 0 Å². The fourth-order valence-corrected chi connectivity index (χ4v) is 1.30. The number of epoxide rings is 1. The van der Waals surface area contributed by atoms with E-state index in [2.05, 4.69) is 0 Å². The van der Waals surface area contributed by atoms with Gasteiger partial charge in [-0.05, 0) is 18.6 Å². The zero-order valence-corrected chi connectivity index (χ0v) is 7.70. The molecule has 0 radical (unpaired) electrons. The van der Waals surface area contributed by atoms with E-state index < -0.39 is 5.79 Å². The number of methoxy groups -OCH3 is 1. The first-order valence-corrected chi connectivity index (χ1v) is 4.17. The quantitative estimate of drug-likeness (QED) is 0.695. The summed E-state index contributed by atoms with van der Waals surface area (Å²) in [6, 6.07) is 5.57. The van der Waals surface area contributed by atoms with Crippen LogP contribution >= 0.6 is 0 Å². The van der Waals surface area contributed by atoms with Gasteiger partial charge in [-0.15, -0.1) is 0 Å². The Morgan fingerprint density at radius 3 is 2.77 bits per heavy atom. The molecule has 70 valence electrons. The highest BCUT2D eigenvalue weighted by Gasteiger charge is 2.44. The third-order valence-corrected chi connectivity index (χ3v) is 2.28. The molecule has 2 rings (SSSR count). The predicted molar refractivity (Wildman–Crippen MR) is 47.6 cm³/mol. The fourth-order valence-electron chi connectivity index (χ4n) is 1.30. The highest BCUT2D eigenvalue weighted by atomic mass is 16.7. The standard InChI is InChI=1S/C10H12O3/c1-7-3-4-8(5-9(7)12-2)10(11)6-13-10/h3-5,11H,6H2,1-2H3. The van der Waals surface area contributed by atoms with Gasteiger partial charge >= 0.3 is 0 Å². The maximum atomic E-state index is 9.63. The Labute approximate surface area is 76.9 Å². The molecule has 1 N–H and O–H groups in total. The molecule has 0 bridgehead atoms. The molecule has 3 nitrogen and oxygen atoms in total. The molecule has 1 unspecified atom stereocenters. The normalized spacial score (nSPS) is 25.8.